The van der Waals surface area contributed by atoms with Crippen LogP contribution in [0.1, 0.15) is 6.55 Å². The van der Waals surface area contributed by atoms with Crippen molar-refractivity contribution >= 4 is 11.2 Å². The first kappa shape index (κ1) is 10.5. The summed E-state index contributed by atoms with van der Waals surface area (Å²) in [6, 6.07) is 0. The molecule has 16 heavy (non-hydrogen) atoms. The van der Waals surface area contributed by atoms with E-state index in [-0.39, 0.29) is 11.2 Å². The molecule has 8 heteroatoms. The van der Waals surface area contributed by atoms with Crippen LogP contribution in [0, 0.1) is 0 Å². The number of hydrogen-bond donors (Lipinski definition) is 0. The Hall–Kier alpha value is -1.99. The monoisotopic (exact) mass is 230 g/mol. The van der Waals surface area contributed by atoms with Crippen molar-refractivity contribution in [2.24, 2.45) is 14.1 Å². The topological polar surface area (TPSA) is 61.8 Å². The second kappa shape index (κ2) is 3.26. The molecule has 0 aliphatic carbocycles. The molecule has 0 aliphatic rings. The molecule has 0 fully saturated rings. The third-order valence-corrected chi connectivity index (χ3v) is 2.38. The van der Waals surface area contributed by atoms with E-state index in [2.05, 4.69) is 4.98 Å². The fourth-order valence-electron chi connectivity index (χ4n) is 1.51. The van der Waals surface area contributed by atoms with Crippen molar-refractivity contribution in [2.45, 2.75) is 6.55 Å². The molecule has 86 valence electrons. The third kappa shape index (κ3) is 1.19. The molecule has 2 aromatic heterocycles. The Labute approximate surface area is 87.4 Å². The number of alkyl halides is 2. The Morgan fingerprint density at radius 3 is 2.44 bits per heavy atom. The SMILES string of the molecule is Cn1c(=O)c2c(ncn2C(F)F)n(C)c1=O. The number of fused-ring (bicyclic) bond motifs is 1. The van der Waals surface area contributed by atoms with E-state index in [0.717, 1.165) is 15.5 Å². The van der Waals surface area contributed by atoms with Crippen molar-refractivity contribution in [2.75, 3.05) is 0 Å². The predicted octanol–water partition coefficient (Wildman–Crippen LogP) is -0.171. The van der Waals surface area contributed by atoms with E-state index in [1.807, 2.05) is 0 Å². The van der Waals surface area contributed by atoms with Crippen LogP contribution in [0.3, 0.4) is 0 Å². The van der Waals surface area contributed by atoms with Gasteiger partial charge in [-0.15, -0.1) is 0 Å². The van der Waals surface area contributed by atoms with Gasteiger partial charge in [0.2, 0.25) is 0 Å². The summed E-state index contributed by atoms with van der Waals surface area (Å²) in [5.41, 5.74) is -1.71. The van der Waals surface area contributed by atoms with E-state index < -0.39 is 17.8 Å². The van der Waals surface area contributed by atoms with Crippen LogP contribution in [0.4, 0.5) is 8.78 Å². The van der Waals surface area contributed by atoms with E-state index in [9.17, 15) is 18.4 Å². The van der Waals surface area contributed by atoms with Gasteiger partial charge in [0.15, 0.2) is 11.2 Å². The zero-order valence-electron chi connectivity index (χ0n) is 8.52. The minimum atomic E-state index is -2.87. The van der Waals surface area contributed by atoms with E-state index in [1.165, 1.54) is 14.1 Å². The molecule has 0 amide bonds. The molecule has 0 bridgehead atoms. The Morgan fingerprint density at radius 2 is 1.88 bits per heavy atom. The van der Waals surface area contributed by atoms with Gasteiger partial charge in [0.05, 0.1) is 0 Å². The molecule has 0 spiro atoms. The van der Waals surface area contributed by atoms with Gasteiger partial charge in [-0.1, -0.05) is 0 Å². The molecular weight excluding hydrogens is 222 g/mol. The zero-order valence-corrected chi connectivity index (χ0v) is 8.52. The lowest BCUT2D eigenvalue weighted by atomic mass is 10.5. The average molecular weight is 230 g/mol. The zero-order chi connectivity index (χ0) is 12.0. The fourth-order valence-corrected chi connectivity index (χ4v) is 1.51. The highest BCUT2D eigenvalue weighted by Crippen LogP contribution is 2.14. The third-order valence-electron chi connectivity index (χ3n) is 2.38. The van der Waals surface area contributed by atoms with Crippen LogP contribution in [-0.4, -0.2) is 18.7 Å². The van der Waals surface area contributed by atoms with Crippen LogP contribution in [-0.2, 0) is 14.1 Å². The Morgan fingerprint density at radius 1 is 1.25 bits per heavy atom. The van der Waals surface area contributed by atoms with Gasteiger partial charge in [-0.25, -0.2) is 9.78 Å². The molecule has 0 aliphatic heterocycles. The van der Waals surface area contributed by atoms with Gasteiger partial charge in [0.1, 0.15) is 6.33 Å². The van der Waals surface area contributed by atoms with E-state index in [0.29, 0.717) is 4.57 Å². The summed E-state index contributed by atoms with van der Waals surface area (Å²) in [7, 11) is 2.60. The summed E-state index contributed by atoms with van der Waals surface area (Å²) >= 11 is 0. The first-order valence-electron chi connectivity index (χ1n) is 4.36. The molecule has 0 unspecified atom stereocenters. The van der Waals surface area contributed by atoms with Gasteiger partial charge >= 0.3 is 12.2 Å². The van der Waals surface area contributed by atoms with Gasteiger partial charge in [0, 0.05) is 14.1 Å². The second-order valence-corrected chi connectivity index (χ2v) is 3.31. The quantitative estimate of drug-likeness (QED) is 0.683. The summed E-state index contributed by atoms with van der Waals surface area (Å²) in [4.78, 5) is 26.7. The number of hydrogen-bond acceptors (Lipinski definition) is 3. The minimum Gasteiger partial charge on any atom is -0.279 e. The highest BCUT2D eigenvalue weighted by molar-refractivity contribution is 5.69. The number of rotatable bonds is 1. The highest BCUT2D eigenvalue weighted by atomic mass is 19.3. The van der Waals surface area contributed by atoms with Gasteiger partial charge in [0.25, 0.3) is 5.56 Å². The van der Waals surface area contributed by atoms with Gasteiger partial charge < -0.3 is 0 Å². The van der Waals surface area contributed by atoms with Crippen molar-refractivity contribution in [3.8, 4) is 0 Å². The summed E-state index contributed by atoms with van der Waals surface area (Å²) in [5, 5.41) is 0. The lowest BCUT2D eigenvalue weighted by Gasteiger charge is -2.05. The molecule has 0 radical (unpaired) electrons. The van der Waals surface area contributed by atoms with Crippen molar-refractivity contribution < 1.29 is 8.78 Å². The molecule has 2 heterocycles. The van der Waals surface area contributed by atoms with Crippen LogP contribution in [0.2, 0.25) is 0 Å². The molecule has 0 N–H and O–H groups in total. The molecule has 0 aromatic carbocycles. The first-order chi connectivity index (χ1) is 7.45. The second-order valence-electron chi connectivity index (χ2n) is 3.31. The Balaban J connectivity index is 3.07. The maximum Gasteiger partial charge on any atom is 0.332 e. The molecule has 0 saturated carbocycles. The largest absolute Gasteiger partial charge is 0.332 e. The van der Waals surface area contributed by atoms with E-state index in [4.69, 9.17) is 0 Å². The number of imidazole rings is 1. The number of aryl methyl sites for hydroxylation is 1. The maximum atomic E-state index is 12.6. The standard InChI is InChI=1S/C8H8F2N4O2/c1-12-5-4(6(15)13(2)8(12)16)14(3-11-5)7(9)10/h3,7H,1-2H3. The van der Waals surface area contributed by atoms with Crippen LogP contribution in [0.25, 0.3) is 11.2 Å². The lowest BCUT2D eigenvalue weighted by molar-refractivity contribution is 0.0743. The van der Waals surface area contributed by atoms with Crippen molar-refractivity contribution in [1.82, 2.24) is 18.7 Å². The smallest absolute Gasteiger partial charge is 0.279 e. The van der Waals surface area contributed by atoms with E-state index in [1.54, 1.807) is 0 Å². The molecule has 6 nitrogen and oxygen atoms in total. The average Bonchev–Trinajstić information content (AvgIpc) is 2.67. The van der Waals surface area contributed by atoms with Crippen LogP contribution >= 0.6 is 0 Å². The number of halogens is 2. The molecule has 2 aromatic rings. The molecule has 0 atom stereocenters. The molecular formula is C8H8F2N4O2. The van der Waals surface area contributed by atoms with Crippen LogP contribution in [0.15, 0.2) is 15.9 Å². The molecule has 0 saturated heterocycles. The highest BCUT2D eigenvalue weighted by Gasteiger charge is 2.18. The van der Waals surface area contributed by atoms with Crippen LogP contribution in [0.5, 0.6) is 0 Å². The summed E-state index contributed by atoms with van der Waals surface area (Å²) in [5.74, 6) is 0. The maximum absolute atomic E-state index is 12.6. The Kier molecular flexibility index (Phi) is 2.14. The van der Waals surface area contributed by atoms with Gasteiger partial charge in [-0.05, 0) is 0 Å². The number of nitrogens with zero attached hydrogens (tertiary/aromatic N) is 4. The van der Waals surface area contributed by atoms with Gasteiger partial charge in [-0.3, -0.25) is 18.5 Å². The fraction of sp³-hybridized carbons (Fsp3) is 0.375. The normalized spacial score (nSPS) is 11.6. The Bertz CT molecular complexity index is 667. The summed E-state index contributed by atoms with van der Waals surface area (Å²) in [6.07, 6.45) is 0.843. The van der Waals surface area contributed by atoms with Crippen LogP contribution < -0.4 is 11.2 Å². The lowest BCUT2D eigenvalue weighted by Crippen LogP contribution is -2.37. The van der Waals surface area contributed by atoms with E-state index >= 15 is 0 Å². The minimum absolute atomic E-state index is 0.0478. The summed E-state index contributed by atoms with van der Waals surface area (Å²) in [6.45, 7) is -2.87. The summed E-state index contributed by atoms with van der Waals surface area (Å²) < 4.78 is 27.4. The molecule has 2 rings (SSSR count). The number of aromatic nitrogens is 4. The predicted molar refractivity (Wildman–Crippen MR) is 51.5 cm³/mol. The first-order valence-corrected chi connectivity index (χ1v) is 4.36. The van der Waals surface area contributed by atoms with Crippen molar-refractivity contribution in [3.63, 3.8) is 0 Å². The van der Waals surface area contributed by atoms with Crippen molar-refractivity contribution in [1.29, 1.82) is 0 Å². The van der Waals surface area contributed by atoms with Gasteiger partial charge in [-0.2, -0.15) is 8.78 Å². The van der Waals surface area contributed by atoms with Crippen molar-refractivity contribution in [3.05, 3.63) is 27.2 Å².